The molecule has 0 saturated carbocycles. The third kappa shape index (κ3) is 3.12. The minimum Gasteiger partial charge on any atom is -0.497 e. The lowest BCUT2D eigenvalue weighted by atomic mass is 10.0. The van der Waals surface area contributed by atoms with Gasteiger partial charge >= 0.3 is 0 Å². The van der Waals surface area contributed by atoms with Gasteiger partial charge in [-0.05, 0) is 43.7 Å². The van der Waals surface area contributed by atoms with Gasteiger partial charge in [0.1, 0.15) is 5.75 Å². The van der Waals surface area contributed by atoms with E-state index in [4.69, 9.17) is 4.74 Å². The minimum absolute atomic E-state index is 0.706. The average Bonchev–Trinajstić information content (AvgIpc) is 2.48. The zero-order valence-corrected chi connectivity index (χ0v) is 12.1. The predicted molar refractivity (Wildman–Crippen MR) is 83.2 cm³/mol. The van der Waals surface area contributed by atoms with Crippen molar-refractivity contribution in [1.82, 2.24) is 4.98 Å². The number of hydrogen-bond donors (Lipinski definition) is 0. The summed E-state index contributed by atoms with van der Waals surface area (Å²) in [4.78, 5) is 8.66. The van der Waals surface area contributed by atoms with Crippen LogP contribution >= 0.6 is 0 Å². The van der Waals surface area contributed by atoms with Crippen molar-refractivity contribution in [2.45, 2.75) is 13.8 Å². The van der Waals surface area contributed by atoms with Crippen molar-refractivity contribution in [3.05, 3.63) is 66.0 Å². The number of methoxy groups -OCH3 is 1. The highest BCUT2D eigenvalue weighted by molar-refractivity contribution is 6.02. The van der Waals surface area contributed by atoms with E-state index in [1.165, 1.54) is 0 Å². The van der Waals surface area contributed by atoms with Crippen LogP contribution in [0.5, 0.6) is 5.75 Å². The molecule has 0 aliphatic carbocycles. The summed E-state index contributed by atoms with van der Waals surface area (Å²) in [6.07, 6.45) is 3.50. The molecule has 1 aromatic carbocycles. The van der Waals surface area contributed by atoms with Crippen LogP contribution in [0.25, 0.3) is 5.70 Å². The second-order valence-electron chi connectivity index (χ2n) is 4.57. The highest BCUT2D eigenvalue weighted by atomic mass is 16.5. The summed E-state index contributed by atoms with van der Waals surface area (Å²) in [5, 5.41) is 0. The van der Waals surface area contributed by atoms with Gasteiger partial charge in [-0.3, -0.25) is 9.98 Å². The maximum Gasteiger partial charge on any atom is 0.119 e. The minimum atomic E-state index is 0.706. The fraction of sp³-hybridized carbons (Fsp3) is 0.176. The number of nitrogens with zero attached hydrogens (tertiary/aromatic N) is 2. The highest BCUT2D eigenvalue weighted by Gasteiger charge is 2.05. The first kappa shape index (κ1) is 14.0. The smallest absolute Gasteiger partial charge is 0.119 e. The first-order valence-electron chi connectivity index (χ1n) is 6.41. The molecule has 0 bridgehead atoms. The van der Waals surface area contributed by atoms with Crippen LogP contribution in [-0.2, 0) is 0 Å². The summed E-state index contributed by atoms with van der Waals surface area (Å²) in [5.41, 5.74) is 4.76. The van der Waals surface area contributed by atoms with Crippen LogP contribution in [0.15, 0.2) is 54.3 Å². The van der Waals surface area contributed by atoms with Crippen molar-refractivity contribution in [1.29, 1.82) is 0 Å². The molecule has 0 aliphatic rings. The molecule has 0 aliphatic heterocycles. The Morgan fingerprint density at radius 3 is 2.75 bits per heavy atom. The number of hydrogen-bond acceptors (Lipinski definition) is 3. The second-order valence-corrected chi connectivity index (χ2v) is 4.57. The van der Waals surface area contributed by atoms with Crippen LogP contribution in [0.2, 0.25) is 0 Å². The Bertz CT molecular complexity index is 645. The van der Waals surface area contributed by atoms with E-state index in [2.05, 4.69) is 23.5 Å². The summed E-state index contributed by atoms with van der Waals surface area (Å²) >= 11 is 0. The lowest BCUT2D eigenvalue weighted by Gasteiger charge is -2.09. The standard InChI is InChI=1S/C17H18N2O/c1-12-7-8-16(20-4)10-17(12)14(3)19-13(2)15-6-5-9-18-11-15/h5-11H,2H2,1,3-4H3/b19-14-. The lowest BCUT2D eigenvalue weighted by Crippen LogP contribution is -1.99. The molecule has 1 heterocycles. The second kappa shape index (κ2) is 6.15. The molecular weight excluding hydrogens is 248 g/mol. The van der Waals surface area contributed by atoms with E-state index >= 15 is 0 Å². The molecule has 1 aromatic heterocycles. The van der Waals surface area contributed by atoms with E-state index in [1.54, 1.807) is 19.5 Å². The van der Waals surface area contributed by atoms with Crippen LogP contribution in [0.4, 0.5) is 0 Å². The van der Waals surface area contributed by atoms with Crippen LogP contribution in [-0.4, -0.2) is 17.8 Å². The fourth-order valence-electron chi connectivity index (χ4n) is 1.98. The van der Waals surface area contributed by atoms with Gasteiger partial charge in [0.15, 0.2) is 0 Å². The molecule has 0 saturated heterocycles. The lowest BCUT2D eigenvalue weighted by molar-refractivity contribution is 0.414. The summed E-state index contributed by atoms with van der Waals surface area (Å²) in [5.74, 6) is 0.826. The molecule has 102 valence electrons. The van der Waals surface area contributed by atoms with E-state index in [0.717, 1.165) is 28.2 Å². The van der Waals surface area contributed by atoms with Gasteiger partial charge in [0, 0.05) is 29.2 Å². The molecule has 20 heavy (non-hydrogen) atoms. The molecular formula is C17H18N2O. The van der Waals surface area contributed by atoms with Gasteiger partial charge in [-0.25, -0.2) is 0 Å². The third-order valence-corrected chi connectivity index (χ3v) is 3.13. The molecule has 0 radical (unpaired) electrons. The highest BCUT2D eigenvalue weighted by Crippen LogP contribution is 2.20. The number of rotatable bonds is 4. The molecule has 2 rings (SSSR count). The van der Waals surface area contributed by atoms with Crippen LogP contribution in [0.1, 0.15) is 23.6 Å². The molecule has 0 unspecified atom stereocenters. The summed E-state index contributed by atoms with van der Waals surface area (Å²) in [7, 11) is 1.66. The maximum atomic E-state index is 5.26. The number of aryl methyl sites for hydroxylation is 1. The zero-order chi connectivity index (χ0) is 14.5. The van der Waals surface area contributed by atoms with E-state index in [9.17, 15) is 0 Å². The van der Waals surface area contributed by atoms with Gasteiger partial charge in [0.05, 0.1) is 12.8 Å². The van der Waals surface area contributed by atoms with Gasteiger partial charge in [-0.15, -0.1) is 0 Å². The van der Waals surface area contributed by atoms with E-state index in [-0.39, 0.29) is 0 Å². The van der Waals surface area contributed by atoms with Gasteiger partial charge < -0.3 is 4.74 Å². The van der Waals surface area contributed by atoms with E-state index in [0.29, 0.717) is 5.70 Å². The summed E-state index contributed by atoms with van der Waals surface area (Å²) < 4.78 is 5.26. The summed E-state index contributed by atoms with van der Waals surface area (Å²) in [6.45, 7) is 8.04. The Hall–Kier alpha value is -2.42. The molecule has 3 nitrogen and oxygen atoms in total. The van der Waals surface area contributed by atoms with E-state index in [1.807, 2.05) is 37.3 Å². The topological polar surface area (TPSA) is 34.5 Å². The number of aromatic nitrogens is 1. The zero-order valence-electron chi connectivity index (χ0n) is 12.1. The van der Waals surface area contributed by atoms with Crippen molar-refractivity contribution >= 4 is 11.4 Å². The maximum absolute atomic E-state index is 5.26. The average molecular weight is 266 g/mol. The van der Waals surface area contributed by atoms with Crippen molar-refractivity contribution in [2.75, 3.05) is 7.11 Å². The number of pyridine rings is 1. The predicted octanol–water partition coefficient (Wildman–Crippen LogP) is 3.88. The Kier molecular flexibility index (Phi) is 4.31. The van der Waals surface area contributed by atoms with Crippen molar-refractivity contribution < 1.29 is 4.74 Å². The van der Waals surface area contributed by atoms with E-state index < -0.39 is 0 Å². The van der Waals surface area contributed by atoms with Crippen molar-refractivity contribution in [2.24, 2.45) is 4.99 Å². The monoisotopic (exact) mass is 266 g/mol. The number of benzene rings is 1. The molecule has 3 heteroatoms. The molecule has 0 atom stereocenters. The van der Waals surface area contributed by atoms with Gasteiger partial charge in [0.25, 0.3) is 0 Å². The van der Waals surface area contributed by atoms with Gasteiger partial charge in [-0.1, -0.05) is 12.6 Å². The largest absolute Gasteiger partial charge is 0.497 e. The Labute approximate surface area is 119 Å². The molecule has 0 N–H and O–H groups in total. The first-order chi connectivity index (χ1) is 9.61. The quantitative estimate of drug-likeness (QED) is 0.787. The number of aliphatic imine (C=N–C) groups is 1. The van der Waals surface area contributed by atoms with Crippen LogP contribution in [0, 0.1) is 6.92 Å². The summed E-state index contributed by atoms with van der Waals surface area (Å²) in [6, 6.07) is 9.79. The van der Waals surface area contributed by atoms with Crippen molar-refractivity contribution in [3.63, 3.8) is 0 Å². The normalized spacial score (nSPS) is 11.2. The molecule has 0 amide bonds. The molecule has 0 fully saturated rings. The fourth-order valence-corrected chi connectivity index (χ4v) is 1.98. The third-order valence-electron chi connectivity index (χ3n) is 3.13. The first-order valence-corrected chi connectivity index (χ1v) is 6.41. The Morgan fingerprint density at radius 1 is 1.30 bits per heavy atom. The SMILES string of the molecule is C=C(/N=C(/C)c1cc(OC)ccc1C)c1cccnc1. The van der Waals surface area contributed by atoms with Crippen LogP contribution < -0.4 is 4.74 Å². The van der Waals surface area contributed by atoms with Gasteiger partial charge in [-0.2, -0.15) is 0 Å². The van der Waals surface area contributed by atoms with Gasteiger partial charge in [0.2, 0.25) is 0 Å². The Balaban J connectivity index is 2.33. The number of ether oxygens (including phenoxy) is 1. The van der Waals surface area contributed by atoms with Crippen molar-refractivity contribution in [3.8, 4) is 5.75 Å². The molecule has 0 spiro atoms. The Morgan fingerprint density at radius 2 is 2.10 bits per heavy atom. The van der Waals surface area contributed by atoms with Crippen LogP contribution in [0.3, 0.4) is 0 Å². The molecule has 2 aromatic rings.